The largest absolute Gasteiger partial charge is 0.459 e. The number of fused-ring (bicyclic) bond motifs is 1. The van der Waals surface area contributed by atoms with Gasteiger partial charge in [0.1, 0.15) is 5.82 Å². The molecule has 0 saturated carbocycles. The minimum atomic E-state index is -0.104. The van der Waals surface area contributed by atoms with Crippen molar-refractivity contribution in [3.05, 3.63) is 42.4 Å². The maximum Gasteiger partial charge on any atom is 0.289 e. The lowest BCUT2D eigenvalue weighted by atomic mass is 10.1. The van der Waals surface area contributed by atoms with Crippen molar-refractivity contribution in [2.45, 2.75) is 13.1 Å². The van der Waals surface area contributed by atoms with Crippen molar-refractivity contribution in [1.29, 1.82) is 0 Å². The van der Waals surface area contributed by atoms with Crippen LogP contribution in [0.2, 0.25) is 0 Å². The molecule has 6 heteroatoms. The van der Waals surface area contributed by atoms with E-state index in [9.17, 15) is 4.79 Å². The van der Waals surface area contributed by atoms with Crippen molar-refractivity contribution < 1.29 is 13.9 Å². The number of hydrogen-bond donors (Lipinski definition) is 0. The fourth-order valence-electron chi connectivity index (χ4n) is 2.59. The summed E-state index contributed by atoms with van der Waals surface area (Å²) in [4.78, 5) is 18.5. The molecule has 0 aromatic carbocycles. The van der Waals surface area contributed by atoms with E-state index in [-0.39, 0.29) is 11.8 Å². The van der Waals surface area contributed by atoms with Crippen LogP contribution in [-0.4, -0.2) is 40.6 Å². The molecule has 1 aliphatic heterocycles. The average Bonchev–Trinajstić information content (AvgIpc) is 3.07. The molecule has 1 aliphatic rings. The highest BCUT2D eigenvalue weighted by Crippen LogP contribution is 2.18. The van der Waals surface area contributed by atoms with Crippen LogP contribution in [-0.2, 0) is 17.8 Å². The van der Waals surface area contributed by atoms with Crippen LogP contribution in [0, 0.1) is 5.92 Å². The van der Waals surface area contributed by atoms with Crippen molar-refractivity contribution in [2.24, 2.45) is 5.92 Å². The summed E-state index contributed by atoms with van der Waals surface area (Å²) >= 11 is 0. The first-order valence-corrected chi connectivity index (χ1v) is 6.59. The Kier molecular flexibility index (Phi) is 3.56. The monoisotopic (exact) mass is 275 g/mol. The molecule has 1 amide bonds. The van der Waals surface area contributed by atoms with Gasteiger partial charge in [-0.15, -0.1) is 0 Å². The number of furan rings is 1. The number of carbonyl (C=O) groups is 1. The van der Waals surface area contributed by atoms with Crippen LogP contribution < -0.4 is 0 Å². The second kappa shape index (κ2) is 5.50. The van der Waals surface area contributed by atoms with Gasteiger partial charge in [0.05, 0.1) is 19.4 Å². The Morgan fingerprint density at radius 3 is 3.20 bits per heavy atom. The van der Waals surface area contributed by atoms with Gasteiger partial charge in [-0.3, -0.25) is 4.79 Å². The Balaban J connectivity index is 1.85. The molecule has 106 valence electrons. The third-order valence-corrected chi connectivity index (χ3v) is 3.49. The fraction of sp³-hybridized carbons (Fsp3) is 0.429. The number of hydrogen-bond acceptors (Lipinski definition) is 4. The molecule has 0 saturated heterocycles. The van der Waals surface area contributed by atoms with Gasteiger partial charge in [0.2, 0.25) is 0 Å². The Morgan fingerprint density at radius 1 is 1.55 bits per heavy atom. The maximum atomic E-state index is 12.4. The molecule has 6 nitrogen and oxygen atoms in total. The Bertz CT molecular complexity index is 576. The van der Waals surface area contributed by atoms with Crippen LogP contribution in [0.4, 0.5) is 0 Å². The minimum Gasteiger partial charge on any atom is -0.459 e. The van der Waals surface area contributed by atoms with Gasteiger partial charge >= 0.3 is 0 Å². The van der Waals surface area contributed by atoms with E-state index in [0.717, 1.165) is 12.4 Å². The molecule has 0 fully saturated rings. The van der Waals surface area contributed by atoms with Gasteiger partial charge < -0.3 is 18.6 Å². The second-order valence-electron chi connectivity index (χ2n) is 4.98. The van der Waals surface area contributed by atoms with Gasteiger partial charge in [-0.2, -0.15) is 0 Å². The highest BCUT2D eigenvalue weighted by Gasteiger charge is 2.27. The van der Waals surface area contributed by atoms with Gasteiger partial charge in [-0.05, 0) is 12.1 Å². The van der Waals surface area contributed by atoms with E-state index >= 15 is 0 Å². The number of amides is 1. The number of carbonyl (C=O) groups excluding carboxylic acids is 1. The Morgan fingerprint density at radius 2 is 2.45 bits per heavy atom. The van der Waals surface area contributed by atoms with Crippen LogP contribution in [0.5, 0.6) is 0 Å². The van der Waals surface area contributed by atoms with E-state index in [1.807, 2.05) is 6.20 Å². The van der Waals surface area contributed by atoms with Crippen LogP contribution in [0.25, 0.3) is 0 Å². The first-order chi connectivity index (χ1) is 9.78. The molecular weight excluding hydrogens is 258 g/mol. The van der Waals surface area contributed by atoms with Crippen LogP contribution in [0.15, 0.2) is 35.2 Å². The van der Waals surface area contributed by atoms with Gasteiger partial charge in [0, 0.05) is 38.5 Å². The molecule has 0 aliphatic carbocycles. The lowest BCUT2D eigenvalue weighted by Crippen LogP contribution is -2.35. The third-order valence-electron chi connectivity index (χ3n) is 3.49. The van der Waals surface area contributed by atoms with Crippen molar-refractivity contribution in [3.63, 3.8) is 0 Å². The highest BCUT2D eigenvalue weighted by atomic mass is 16.5. The molecule has 20 heavy (non-hydrogen) atoms. The predicted octanol–water partition coefficient (Wildman–Crippen LogP) is 1.39. The van der Waals surface area contributed by atoms with E-state index in [1.165, 1.54) is 6.26 Å². The molecule has 0 bridgehead atoms. The van der Waals surface area contributed by atoms with Gasteiger partial charge in [0.15, 0.2) is 5.76 Å². The van der Waals surface area contributed by atoms with Crippen LogP contribution >= 0.6 is 0 Å². The van der Waals surface area contributed by atoms with E-state index in [4.69, 9.17) is 9.15 Å². The first kappa shape index (κ1) is 12.9. The summed E-state index contributed by atoms with van der Waals surface area (Å²) in [6.07, 6.45) is 5.22. The standard InChI is InChI=1S/C14H17N3O3/c1-19-10-11-7-16-5-4-15-13(16)9-17(8-11)14(18)12-3-2-6-20-12/h2-6,11H,7-10H2,1H3. The minimum absolute atomic E-state index is 0.104. The molecule has 3 heterocycles. The van der Waals surface area contributed by atoms with Crippen molar-refractivity contribution >= 4 is 5.91 Å². The summed E-state index contributed by atoms with van der Waals surface area (Å²) in [6, 6.07) is 3.41. The number of nitrogens with zero attached hydrogens (tertiary/aromatic N) is 3. The molecule has 0 N–H and O–H groups in total. The third kappa shape index (κ3) is 2.46. The van der Waals surface area contributed by atoms with E-state index in [2.05, 4.69) is 9.55 Å². The van der Waals surface area contributed by atoms with E-state index < -0.39 is 0 Å². The molecule has 1 atom stereocenters. The zero-order valence-corrected chi connectivity index (χ0v) is 11.4. The molecule has 0 radical (unpaired) electrons. The molecule has 2 aromatic heterocycles. The normalized spacial score (nSPS) is 18.6. The van der Waals surface area contributed by atoms with Crippen LogP contribution in [0.3, 0.4) is 0 Å². The van der Waals surface area contributed by atoms with Gasteiger partial charge in [-0.1, -0.05) is 0 Å². The van der Waals surface area contributed by atoms with E-state index in [1.54, 1.807) is 30.3 Å². The Hall–Kier alpha value is -2.08. The smallest absolute Gasteiger partial charge is 0.289 e. The summed E-state index contributed by atoms with van der Waals surface area (Å²) in [5.41, 5.74) is 0. The summed E-state index contributed by atoms with van der Waals surface area (Å²) in [7, 11) is 1.68. The number of methoxy groups -OCH3 is 1. The Labute approximate surface area is 117 Å². The first-order valence-electron chi connectivity index (χ1n) is 6.59. The maximum absolute atomic E-state index is 12.4. The molecule has 2 aromatic rings. The van der Waals surface area contributed by atoms with Crippen molar-refractivity contribution in [2.75, 3.05) is 20.3 Å². The van der Waals surface area contributed by atoms with E-state index in [0.29, 0.717) is 25.5 Å². The zero-order valence-electron chi connectivity index (χ0n) is 11.4. The lowest BCUT2D eigenvalue weighted by Gasteiger charge is -2.22. The number of rotatable bonds is 3. The molecule has 3 rings (SSSR count). The van der Waals surface area contributed by atoms with Gasteiger partial charge in [0.25, 0.3) is 5.91 Å². The number of aromatic nitrogens is 2. The topological polar surface area (TPSA) is 60.5 Å². The summed E-state index contributed by atoms with van der Waals surface area (Å²) in [5.74, 6) is 1.39. The number of ether oxygens (including phenoxy) is 1. The summed E-state index contributed by atoms with van der Waals surface area (Å²) in [5, 5.41) is 0. The van der Waals surface area contributed by atoms with Crippen LogP contribution in [0.1, 0.15) is 16.4 Å². The molecule has 0 spiro atoms. The summed E-state index contributed by atoms with van der Waals surface area (Å²) in [6.45, 7) is 2.55. The SMILES string of the molecule is COCC1CN(C(=O)c2ccco2)Cc2nccn2C1. The second-order valence-corrected chi connectivity index (χ2v) is 4.98. The fourth-order valence-corrected chi connectivity index (χ4v) is 2.59. The van der Waals surface area contributed by atoms with Crippen molar-refractivity contribution in [3.8, 4) is 0 Å². The lowest BCUT2D eigenvalue weighted by molar-refractivity contribution is 0.0636. The zero-order chi connectivity index (χ0) is 13.9. The predicted molar refractivity (Wildman–Crippen MR) is 71.0 cm³/mol. The van der Waals surface area contributed by atoms with Crippen molar-refractivity contribution in [1.82, 2.24) is 14.5 Å². The highest BCUT2D eigenvalue weighted by molar-refractivity contribution is 5.91. The summed E-state index contributed by atoms with van der Waals surface area (Å²) < 4.78 is 12.5. The van der Waals surface area contributed by atoms with Gasteiger partial charge in [-0.25, -0.2) is 4.98 Å². The number of imidazole rings is 1. The molecule has 1 unspecified atom stereocenters. The molecular formula is C14H17N3O3. The average molecular weight is 275 g/mol. The quantitative estimate of drug-likeness (QED) is 0.849.